The molecule has 0 bridgehead atoms. The first-order valence-corrected chi connectivity index (χ1v) is 15.6. The maximum atomic E-state index is 14.4. The molecule has 16 nitrogen and oxygen atoms in total. The van der Waals surface area contributed by atoms with Gasteiger partial charge < -0.3 is 33.9 Å². The number of nitrogen functional groups attached to an aromatic ring is 1. The first-order chi connectivity index (χ1) is 20.1. The molecule has 43 heavy (non-hydrogen) atoms. The molecular weight excluding hydrogens is 589 g/mol. The molecule has 240 valence electrons. The molecular formula is C26H40N5O11P. The minimum absolute atomic E-state index is 0.000388. The number of nitrogens with one attached hydrogen (secondary N) is 2. The van der Waals surface area contributed by atoms with Crippen molar-refractivity contribution in [2.75, 3.05) is 26.6 Å². The Morgan fingerprint density at radius 1 is 1.09 bits per heavy atom. The van der Waals surface area contributed by atoms with Crippen LogP contribution in [-0.4, -0.2) is 84.0 Å². The molecule has 1 aliphatic carbocycles. The lowest BCUT2D eigenvalue weighted by molar-refractivity contribution is -0.143. The van der Waals surface area contributed by atoms with Crippen LogP contribution in [0.25, 0.3) is 0 Å². The van der Waals surface area contributed by atoms with Crippen LogP contribution in [0.5, 0.6) is 0 Å². The molecule has 0 aromatic carbocycles. The number of rotatable bonds is 14. The number of hydrogen-bond acceptors (Lipinski definition) is 13. The van der Waals surface area contributed by atoms with Crippen molar-refractivity contribution >= 4 is 31.6 Å². The third-order valence-corrected chi connectivity index (χ3v) is 9.66. The Morgan fingerprint density at radius 2 is 1.65 bits per heavy atom. The van der Waals surface area contributed by atoms with Gasteiger partial charge in [-0.05, 0) is 37.7 Å². The Morgan fingerprint density at radius 3 is 2.14 bits per heavy atom. The summed E-state index contributed by atoms with van der Waals surface area (Å²) in [6.07, 6.45) is -1.09. The van der Waals surface area contributed by atoms with Crippen LogP contribution in [0.15, 0.2) is 17.1 Å². The second-order valence-corrected chi connectivity index (χ2v) is 13.8. The molecule has 0 amide bonds. The van der Waals surface area contributed by atoms with Crippen LogP contribution in [0.1, 0.15) is 53.5 Å². The second-order valence-electron chi connectivity index (χ2n) is 11.9. The van der Waals surface area contributed by atoms with Crippen LogP contribution in [0.3, 0.4) is 0 Å². The van der Waals surface area contributed by atoms with Gasteiger partial charge in [0.15, 0.2) is 6.10 Å². The van der Waals surface area contributed by atoms with E-state index in [-0.39, 0.29) is 30.5 Å². The second kappa shape index (κ2) is 12.2. The van der Waals surface area contributed by atoms with E-state index in [9.17, 15) is 23.7 Å². The predicted octanol–water partition coefficient (Wildman–Crippen LogP) is 1.29. The summed E-state index contributed by atoms with van der Waals surface area (Å²) >= 11 is 0. The third-order valence-electron chi connectivity index (χ3n) is 7.84. The summed E-state index contributed by atoms with van der Waals surface area (Å²) in [5.74, 6) is -1.32. The van der Waals surface area contributed by atoms with Crippen molar-refractivity contribution in [3.8, 4) is 0 Å². The average Bonchev–Trinajstić information content (AvgIpc) is 3.13. The van der Waals surface area contributed by atoms with Crippen molar-refractivity contribution in [1.29, 1.82) is 0 Å². The maximum absolute atomic E-state index is 14.4. The molecule has 1 aromatic heterocycles. The summed E-state index contributed by atoms with van der Waals surface area (Å²) < 4.78 is 48.7. The predicted molar refractivity (Wildman–Crippen MR) is 150 cm³/mol. The monoisotopic (exact) mass is 629 g/mol. The van der Waals surface area contributed by atoms with Crippen molar-refractivity contribution < 1.29 is 47.2 Å². The van der Waals surface area contributed by atoms with Gasteiger partial charge in [-0.3, -0.25) is 18.7 Å². The zero-order chi connectivity index (χ0) is 31.9. The van der Waals surface area contributed by atoms with Gasteiger partial charge in [0.05, 0.1) is 20.8 Å². The molecule has 7 atom stereocenters. The molecule has 3 fully saturated rings. The molecule has 4 rings (SSSR count). The minimum atomic E-state index is -4.24. The van der Waals surface area contributed by atoms with Crippen LogP contribution in [0, 0.1) is 11.8 Å². The summed E-state index contributed by atoms with van der Waals surface area (Å²) in [7, 11) is -1.83. The normalized spacial score (nSPS) is 30.1. The lowest BCUT2D eigenvalue weighted by Gasteiger charge is -2.30. The number of aromatic nitrogens is 2. The highest BCUT2D eigenvalue weighted by atomic mass is 31.2. The van der Waals surface area contributed by atoms with Gasteiger partial charge in [-0.15, -0.1) is 0 Å². The van der Waals surface area contributed by atoms with E-state index in [0.29, 0.717) is 0 Å². The zero-order valence-corrected chi connectivity index (χ0v) is 26.1. The van der Waals surface area contributed by atoms with Gasteiger partial charge in [-0.2, -0.15) is 4.98 Å². The summed E-state index contributed by atoms with van der Waals surface area (Å²) in [5, 5.41) is 5.49. The molecule has 1 spiro atoms. The molecule has 5 unspecified atom stereocenters. The molecule has 0 radical (unpaired) electrons. The fraction of sp³-hybridized carbons (Fsp3) is 0.731. The topological polar surface area (TPSA) is 209 Å². The Labute approximate surface area is 248 Å². The number of ether oxygens (including phenoxy) is 5. The quantitative estimate of drug-likeness (QED) is 0.150. The van der Waals surface area contributed by atoms with Gasteiger partial charge in [-0.1, -0.05) is 27.7 Å². The third kappa shape index (κ3) is 6.16. The molecule has 3 aliphatic rings. The Balaban J connectivity index is 1.60. The van der Waals surface area contributed by atoms with Crippen molar-refractivity contribution in [3.05, 3.63) is 22.7 Å². The highest BCUT2D eigenvalue weighted by Gasteiger charge is 2.92. The van der Waals surface area contributed by atoms with Gasteiger partial charge in [0, 0.05) is 6.20 Å². The van der Waals surface area contributed by atoms with Gasteiger partial charge in [0.1, 0.15) is 35.6 Å². The van der Waals surface area contributed by atoms with Crippen LogP contribution < -0.4 is 21.6 Å². The lowest BCUT2D eigenvalue weighted by atomic mass is 10.1. The van der Waals surface area contributed by atoms with Crippen molar-refractivity contribution in [2.45, 2.75) is 89.0 Å². The van der Waals surface area contributed by atoms with E-state index >= 15 is 0 Å². The first kappa shape index (κ1) is 32.9. The van der Waals surface area contributed by atoms with Crippen molar-refractivity contribution in [3.63, 3.8) is 0 Å². The summed E-state index contributed by atoms with van der Waals surface area (Å²) in [6.45, 7) is 8.73. The number of nitrogens with two attached hydrogens (primary N) is 1. The smallest absolute Gasteiger partial charge is 0.468 e. The minimum Gasteiger partial charge on any atom is -0.468 e. The van der Waals surface area contributed by atoms with E-state index in [1.165, 1.54) is 31.0 Å². The van der Waals surface area contributed by atoms with E-state index in [0.717, 1.165) is 0 Å². The van der Waals surface area contributed by atoms with E-state index in [1.54, 1.807) is 6.92 Å². The Hall–Kier alpha value is -3.04. The summed E-state index contributed by atoms with van der Waals surface area (Å²) in [6, 6.07) is -1.45. The molecule has 3 heterocycles. The van der Waals surface area contributed by atoms with E-state index in [1.807, 2.05) is 27.7 Å². The fourth-order valence-corrected chi connectivity index (χ4v) is 7.83. The van der Waals surface area contributed by atoms with Gasteiger partial charge in [0.2, 0.25) is 5.60 Å². The molecule has 17 heteroatoms. The zero-order valence-electron chi connectivity index (χ0n) is 25.2. The van der Waals surface area contributed by atoms with Crippen molar-refractivity contribution in [1.82, 2.24) is 19.7 Å². The number of nitrogens with zero attached hydrogens (tertiary/aromatic N) is 2. The van der Waals surface area contributed by atoms with Crippen LogP contribution in [0.2, 0.25) is 0 Å². The van der Waals surface area contributed by atoms with E-state index in [4.69, 9.17) is 33.9 Å². The van der Waals surface area contributed by atoms with Gasteiger partial charge in [0.25, 0.3) is 0 Å². The number of anilines is 1. The number of carbonyl (C=O) groups excluding carboxylic acids is 3. The number of methoxy groups -OCH3 is 2. The van der Waals surface area contributed by atoms with E-state index < -0.39 is 79.6 Å². The van der Waals surface area contributed by atoms with E-state index in [2.05, 4.69) is 15.2 Å². The molecule has 4 N–H and O–H groups in total. The van der Waals surface area contributed by atoms with Crippen molar-refractivity contribution in [2.24, 2.45) is 11.8 Å². The molecule has 2 saturated heterocycles. The molecule has 1 aromatic rings. The highest BCUT2D eigenvalue weighted by molar-refractivity contribution is 7.54. The summed E-state index contributed by atoms with van der Waals surface area (Å²) in [4.78, 5) is 53.9. The van der Waals surface area contributed by atoms with Crippen LogP contribution in [0.4, 0.5) is 10.6 Å². The molecule has 1 saturated carbocycles. The summed E-state index contributed by atoms with van der Waals surface area (Å²) in [5.41, 5.74) is 2.36. The molecule has 2 aliphatic heterocycles. The first-order valence-electron chi connectivity index (χ1n) is 14.0. The average molecular weight is 630 g/mol. The Bertz CT molecular complexity index is 1320. The maximum Gasteiger partial charge on any atom is 0.509 e. The standard InChI is InChI=1S/C26H40N5O11P/c1-13(2)10-15(20(32)37-6)29-43(36,30-16(11-14(3)4)21(33)38-7)39-12-17-19-26(42-24(35)40-19)22(25(26,5)41-17)31-9-8-18(27)28-23(31)34/h8-9,13-17,19,22H,10-12H2,1-7H3,(H2,27,28,34)(H2,29,30,36)/t15?,16?,17-,19?,22-,25?,26?,43?/m1/s1. The number of carbonyl (C=O) groups is 3. The number of hydrogen-bond donors (Lipinski definition) is 3. The van der Waals surface area contributed by atoms with Gasteiger partial charge in [-0.25, -0.2) is 19.8 Å². The highest BCUT2D eigenvalue weighted by Crippen LogP contribution is 2.72. The van der Waals surface area contributed by atoms with Crippen LogP contribution in [-0.2, 0) is 42.4 Å². The lowest BCUT2D eigenvalue weighted by Crippen LogP contribution is -2.46. The number of esters is 2. The Kier molecular flexibility index (Phi) is 9.29. The van der Waals surface area contributed by atoms with Crippen LogP contribution >= 0.6 is 7.67 Å². The fourth-order valence-electron chi connectivity index (χ4n) is 6.00. The largest absolute Gasteiger partial charge is 0.509 e. The SMILES string of the molecule is COC(=O)C(CC(C)C)NP(=O)(NC(CC(C)C)C(=O)OC)OC[C@H]1OC2(C)[C@@H](n3ccc(N)nc3=O)C23OC(=O)OC13. The van der Waals surface area contributed by atoms with Gasteiger partial charge >= 0.3 is 31.5 Å².